The molecular formula is C30H35N7O3. The molecule has 10 nitrogen and oxygen atoms in total. The number of benzene rings is 2. The third-order valence-electron chi connectivity index (χ3n) is 8.83. The lowest BCUT2D eigenvalue weighted by molar-refractivity contribution is 0.0988. The van der Waals surface area contributed by atoms with Gasteiger partial charge in [-0.25, -0.2) is 4.68 Å². The smallest absolute Gasteiger partial charge is 0.253 e. The van der Waals surface area contributed by atoms with E-state index in [1.165, 1.54) is 24.0 Å². The zero-order valence-corrected chi connectivity index (χ0v) is 23.1. The highest BCUT2D eigenvalue weighted by molar-refractivity contribution is 5.81. The molecule has 0 unspecified atom stereocenters. The van der Waals surface area contributed by atoms with Crippen LogP contribution in [0.1, 0.15) is 65.8 Å². The molecule has 2 fully saturated rings. The van der Waals surface area contributed by atoms with Gasteiger partial charge in [-0.05, 0) is 89.5 Å². The standard InChI is InChI=1S/C30H35N7O3/c1-19-13-22-16-24(30(38)31-25(22)14-20(19)2)28(29-32-33-34-37(29)23-5-3-4-6-23)36-11-9-35(10-12-36)17-21-7-8-26-27(15-21)40-18-39-26/h7-8,13-16,23,28H,3-6,9-12,17-18H2,1-2H3,(H,31,38)/t28-/m0/s1. The molecule has 2 aromatic heterocycles. The van der Waals surface area contributed by atoms with E-state index < -0.39 is 0 Å². The minimum atomic E-state index is -0.321. The number of aryl methyl sites for hydroxylation is 2. The predicted octanol–water partition coefficient (Wildman–Crippen LogP) is 3.88. The summed E-state index contributed by atoms with van der Waals surface area (Å²) in [7, 11) is 0. The van der Waals surface area contributed by atoms with Gasteiger partial charge in [-0.1, -0.05) is 18.9 Å². The zero-order chi connectivity index (χ0) is 27.2. The topological polar surface area (TPSA) is 101 Å². The Morgan fingerprint density at radius 1 is 0.975 bits per heavy atom. The second-order valence-corrected chi connectivity index (χ2v) is 11.4. The van der Waals surface area contributed by atoms with Crippen molar-refractivity contribution in [2.75, 3.05) is 33.0 Å². The molecule has 0 radical (unpaired) electrons. The molecular weight excluding hydrogens is 506 g/mol. The second-order valence-electron chi connectivity index (χ2n) is 11.4. The van der Waals surface area contributed by atoms with Crippen LogP contribution in [-0.4, -0.2) is 68.0 Å². The van der Waals surface area contributed by atoms with E-state index in [4.69, 9.17) is 9.47 Å². The van der Waals surface area contributed by atoms with Gasteiger partial charge in [0.2, 0.25) is 6.79 Å². The van der Waals surface area contributed by atoms with Crippen LogP contribution in [0.25, 0.3) is 10.9 Å². The number of pyridine rings is 1. The summed E-state index contributed by atoms with van der Waals surface area (Å²) in [6.45, 7) is 8.66. The van der Waals surface area contributed by atoms with Crippen molar-refractivity contribution in [3.05, 3.63) is 74.8 Å². The van der Waals surface area contributed by atoms with Gasteiger partial charge in [0.25, 0.3) is 5.56 Å². The number of aromatic nitrogens is 5. The lowest BCUT2D eigenvalue weighted by Gasteiger charge is -2.39. The highest BCUT2D eigenvalue weighted by Crippen LogP contribution is 2.35. The van der Waals surface area contributed by atoms with Gasteiger partial charge in [0.05, 0.1) is 6.04 Å². The molecule has 1 saturated carbocycles. The maximum Gasteiger partial charge on any atom is 0.253 e. The first-order valence-electron chi connectivity index (χ1n) is 14.3. The number of aromatic amines is 1. The molecule has 208 valence electrons. The molecule has 0 spiro atoms. The molecule has 2 aliphatic heterocycles. The molecule has 0 amide bonds. The van der Waals surface area contributed by atoms with Crippen molar-refractivity contribution in [2.24, 2.45) is 0 Å². The van der Waals surface area contributed by atoms with E-state index in [1.54, 1.807) is 0 Å². The maximum absolute atomic E-state index is 13.6. The number of piperazine rings is 1. The van der Waals surface area contributed by atoms with Crippen molar-refractivity contribution in [2.45, 2.75) is 58.2 Å². The fraction of sp³-hybridized carbons (Fsp3) is 0.467. The molecule has 1 atom stereocenters. The monoisotopic (exact) mass is 541 g/mol. The maximum atomic E-state index is 13.6. The molecule has 7 rings (SSSR count). The van der Waals surface area contributed by atoms with Gasteiger partial charge in [0.15, 0.2) is 17.3 Å². The number of rotatable bonds is 6. The van der Waals surface area contributed by atoms with Crippen LogP contribution in [0.15, 0.2) is 41.2 Å². The largest absolute Gasteiger partial charge is 0.454 e. The Balaban J connectivity index is 1.20. The Labute approximate surface area is 232 Å². The van der Waals surface area contributed by atoms with Crippen LogP contribution in [0.2, 0.25) is 0 Å². The molecule has 0 bridgehead atoms. The number of H-pyrrole nitrogens is 1. The summed E-state index contributed by atoms with van der Waals surface area (Å²) in [6.07, 6.45) is 4.51. The first kappa shape index (κ1) is 25.2. The van der Waals surface area contributed by atoms with E-state index in [0.717, 1.165) is 79.4 Å². The van der Waals surface area contributed by atoms with Gasteiger partial charge in [-0.2, -0.15) is 0 Å². The van der Waals surface area contributed by atoms with Gasteiger partial charge in [-0.3, -0.25) is 14.6 Å². The highest BCUT2D eigenvalue weighted by atomic mass is 16.7. The number of hydrogen-bond acceptors (Lipinski definition) is 8. The van der Waals surface area contributed by atoms with Crippen molar-refractivity contribution < 1.29 is 9.47 Å². The van der Waals surface area contributed by atoms with E-state index in [1.807, 2.05) is 10.7 Å². The quantitative estimate of drug-likeness (QED) is 0.393. The van der Waals surface area contributed by atoms with E-state index in [2.05, 4.69) is 74.5 Å². The van der Waals surface area contributed by atoms with Crippen molar-refractivity contribution in [3.63, 3.8) is 0 Å². The Morgan fingerprint density at radius 2 is 1.75 bits per heavy atom. The molecule has 1 aliphatic carbocycles. The summed E-state index contributed by atoms with van der Waals surface area (Å²) in [5.74, 6) is 2.39. The molecule has 1 saturated heterocycles. The van der Waals surface area contributed by atoms with Crippen molar-refractivity contribution in [1.29, 1.82) is 0 Å². The van der Waals surface area contributed by atoms with Crippen LogP contribution in [0, 0.1) is 13.8 Å². The predicted molar refractivity (Wildman–Crippen MR) is 151 cm³/mol. The molecule has 4 aromatic rings. The first-order valence-corrected chi connectivity index (χ1v) is 14.3. The average Bonchev–Trinajstić information content (AvgIpc) is 3.73. The number of nitrogens with zero attached hydrogens (tertiary/aromatic N) is 6. The summed E-state index contributed by atoms with van der Waals surface area (Å²) in [5, 5.41) is 14.1. The van der Waals surface area contributed by atoms with E-state index >= 15 is 0 Å². The van der Waals surface area contributed by atoms with Crippen LogP contribution < -0.4 is 15.0 Å². The molecule has 1 N–H and O–H groups in total. The lowest BCUT2D eigenvalue weighted by Crippen LogP contribution is -2.48. The second kappa shape index (κ2) is 10.3. The number of nitrogens with one attached hydrogen (secondary N) is 1. The SMILES string of the molecule is Cc1cc2cc([C@@H](c3nnnn3C3CCCC3)N3CCN(Cc4ccc5c(c4)OCO5)CC3)c(=O)[nH]c2cc1C. The van der Waals surface area contributed by atoms with Crippen molar-refractivity contribution >= 4 is 10.9 Å². The molecule has 2 aromatic carbocycles. The average molecular weight is 542 g/mol. The Bertz CT molecular complexity index is 1600. The van der Waals surface area contributed by atoms with Crippen LogP contribution >= 0.6 is 0 Å². The summed E-state index contributed by atoms with van der Waals surface area (Å²) >= 11 is 0. The van der Waals surface area contributed by atoms with Gasteiger partial charge in [0.1, 0.15) is 6.04 Å². The Morgan fingerprint density at radius 3 is 2.58 bits per heavy atom. The van der Waals surface area contributed by atoms with Crippen molar-refractivity contribution in [3.8, 4) is 11.5 Å². The van der Waals surface area contributed by atoms with Crippen LogP contribution in [0.5, 0.6) is 11.5 Å². The molecule has 40 heavy (non-hydrogen) atoms. The molecule has 10 heteroatoms. The Hall–Kier alpha value is -3.76. The lowest BCUT2D eigenvalue weighted by atomic mass is 10.00. The summed E-state index contributed by atoms with van der Waals surface area (Å²) in [5.41, 5.74) is 5.06. The minimum Gasteiger partial charge on any atom is -0.454 e. The number of hydrogen-bond donors (Lipinski definition) is 1. The minimum absolute atomic E-state index is 0.0792. The summed E-state index contributed by atoms with van der Waals surface area (Å²) in [6, 6.07) is 12.4. The van der Waals surface area contributed by atoms with Crippen LogP contribution in [0.4, 0.5) is 0 Å². The normalized spacial score (nSPS) is 19.1. The van der Waals surface area contributed by atoms with Crippen LogP contribution in [-0.2, 0) is 6.54 Å². The van der Waals surface area contributed by atoms with Crippen LogP contribution in [0.3, 0.4) is 0 Å². The highest BCUT2D eigenvalue weighted by Gasteiger charge is 2.35. The van der Waals surface area contributed by atoms with Gasteiger partial charge in [-0.15, -0.1) is 5.10 Å². The fourth-order valence-corrected chi connectivity index (χ4v) is 6.46. The summed E-state index contributed by atoms with van der Waals surface area (Å²) in [4.78, 5) is 21.6. The number of ether oxygens (including phenoxy) is 2. The van der Waals surface area contributed by atoms with Gasteiger partial charge in [0, 0.05) is 43.8 Å². The molecule has 4 heterocycles. The molecule has 3 aliphatic rings. The zero-order valence-electron chi connectivity index (χ0n) is 23.1. The fourth-order valence-electron chi connectivity index (χ4n) is 6.46. The third kappa shape index (κ3) is 4.65. The van der Waals surface area contributed by atoms with E-state index in [-0.39, 0.29) is 24.4 Å². The van der Waals surface area contributed by atoms with E-state index in [0.29, 0.717) is 5.56 Å². The number of fused-ring (bicyclic) bond motifs is 2. The van der Waals surface area contributed by atoms with Crippen molar-refractivity contribution in [1.82, 2.24) is 35.0 Å². The number of tetrazole rings is 1. The van der Waals surface area contributed by atoms with Gasteiger partial charge >= 0.3 is 0 Å². The third-order valence-corrected chi connectivity index (χ3v) is 8.83. The van der Waals surface area contributed by atoms with E-state index in [9.17, 15) is 4.79 Å². The summed E-state index contributed by atoms with van der Waals surface area (Å²) < 4.78 is 13.0. The Kier molecular flexibility index (Phi) is 6.51. The van der Waals surface area contributed by atoms with Gasteiger partial charge < -0.3 is 14.5 Å². The first-order chi connectivity index (χ1) is 19.5.